The Morgan fingerprint density at radius 2 is 1.91 bits per heavy atom. The number of halogens is 2. The zero-order chi connectivity index (χ0) is 24.0. The predicted molar refractivity (Wildman–Crippen MR) is 131 cm³/mol. The minimum absolute atomic E-state index is 0.00266. The minimum Gasteiger partial charge on any atom is -0.449 e. The van der Waals surface area contributed by atoms with Gasteiger partial charge in [-0.05, 0) is 48.9 Å². The summed E-state index contributed by atoms with van der Waals surface area (Å²) in [4.78, 5) is 12.9. The molecule has 3 aromatic carbocycles. The number of carbonyl (C=O) groups is 1. The van der Waals surface area contributed by atoms with E-state index >= 15 is 0 Å². The topological polar surface area (TPSA) is 98.5 Å². The van der Waals surface area contributed by atoms with Crippen LogP contribution < -0.4 is 15.2 Å². The SMILES string of the molecule is Cc1c(C(=O)Oc2ccc3c(c2)OC(N)=C(C#N)C3c2ccc(Cl)cc2)oc2ccc(Br)cc12. The van der Waals surface area contributed by atoms with Crippen molar-refractivity contribution in [3.8, 4) is 17.6 Å². The van der Waals surface area contributed by atoms with E-state index in [2.05, 4.69) is 22.0 Å². The summed E-state index contributed by atoms with van der Waals surface area (Å²) < 4.78 is 17.9. The highest BCUT2D eigenvalue weighted by atomic mass is 79.9. The van der Waals surface area contributed by atoms with Crippen molar-refractivity contribution in [1.29, 1.82) is 5.26 Å². The molecule has 8 heteroatoms. The van der Waals surface area contributed by atoms with Gasteiger partial charge in [0.05, 0.1) is 5.92 Å². The van der Waals surface area contributed by atoms with Gasteiger partial charge in [-0.15, -0.1) is 0 Å². The molecule has 6 nitrogen and oxygen atoms in total. The lowest BCUT2D eigenvalue weighted by atomic mass is 9.83. The molecule has 0 saturated carbocycles. The van der Waals surface area contributed by atoms with Crippen LogP contribution in [0.25, 0.3) is 11.0 Å². The molecule has 34 heavy (non-hydrogen) atoms. The summed E-state index contributed by atoms with van der Waals surface area (Å²) in [5.41, 5.74) is 9.19. The average Bonchev–Trinajstić information content (AvgIpc) is 3.14. The number of ether oxygens (including phenoxy) is 2. The molecule has 1 aromatic heterocycles. The fourth-order valence-electron chi connectivity index (χ4n) is 4.04. The van der Waals surface area contributed by atoms with E-state index in [4.69, 9.17) is 31.2 Å². The molecule has 1 aliphatic rings. The van der Waals surface area contributed by atoms with Gasteiger partial charge in [-0.2, -0.15) is 5.26 Å². The van der Waals surface area contributed by atoms with Gasteiger partial charge < -0.3 is 19.6 Å². The van der Waals surface area contributed by atoms with Gasteiger partial charge in [0, 0.05) is 32.1 Å². The van der Waals surface area contributed by atoms with Gasteiger partial charge in [0.1, 0.15) is 28.7 Å². The smallest absolute Gasteiger partial charge is 0.379 e. The number of hydrogen-bond acceptors (Lipinski definition) is 6. The zero-order valence-electron chi connectivity index (χ0n) is 17.8. The lowest BCUT2D eigenvalue weighted by molar-refractivity contribution is 0.0702. The third kappa shape index (κ3) is 3.81. The number of furan rings is 1. The van der Waals surface area contributed by atoms with Gasteiger partial charge in [0.15, 0.2) is 0 Å². The molecule has 4 aromatic rings. The molecule has 0 radical (unpaired) electrons. The molecule has 1 unspecified atom stereocenters. The van der Waals surface area contributed by atoms with Crippen molar-refractivity contribution < 1.29 is 18.7 Å². The van der Waals surface area contributed by atoms with E-state index in [0.717, 1.165) is 21.0 Å². The quantitative estimate of drug-likeness (QED) is 0.235. The minimum atomic E-state index is -0.629. The van der Waals surface area contributed by atoms with E-state index in [-0.39, 0.29) is 17.4 Å². The van der Waals surface area contributed by atoms with Crippen LogP contribution in [0, 0.1) is 18.3 Å². The molecule has 0 aliphatic carbocycles. The van der Waals surface area contributed by atoms with E-state index in [1.807, 2.05) is 24.3 Å². The Hall–Kier alpha value is -3.73. The summed E-state index contributed by atoms with van der Waals surface area (Å²) in [7, 11) is 0. The van der Waals surface area contributed by atoms with Crippen LogP contribution in [0.3, 0.4) is 0 Å². The van der Waals surface area contributed by atoms with Crippen molar-refractivity contribution in [2.24, 2.45) is 5.73 Å². The summed E-state index contributed by atoms with van der Waals surface area (Å²) in [5, 5.41) is 11.1. The van der Waals surface area contributed by atoms with Crippen molar-refractivity contribution in [3.05, 3.63) is 104 Å². The van der Waals surface area contributed by atoms with E-state index in [1.165, 1.54) is 0 Å². The number of benzene rings is 3. The van der Waals surface area contributed by atoms with Gasteiger partial charge in [0.25, 0.3) is 0 Å². The standard InChI is InChI=1S/C26H16BrClN2O4/c1-13-19-10-15(27)4-9-21(19)33-24(13)26(31)32-17-7-8-18-22(11-17)34-25(30)20(12-29)23(18)14-2-5-16(28)6-3-14/h2-11,23H,30H2,1H3. The van der Waals surface area contributed by atoms with Gasteiger partial charge in [-0.1, -0.05) is 45.7 Å². The number of fused-ring (bicyclic) bond motifs is 2. The molecule has 2 heterocycles. The Labute approximate surface area is 208 Å². The number of rotatable bonds is 3. The maximum absolute atomic E-state index is 12.9. The lowest BCUT2D eigenvalue weighted by Crippen LogP contribution is -2.21. The normalized spacial score (nSPS) is 14.9. The first-order valence-electron chi connectivity index (χ1n) is 10.2. The molecule has 0 saturated heterocycles. The molecule has 0 bridgehead atoms. The number of allylic oxidation sites excluding steroid dienone is 1. The second-order valence-corrected chi connectivity index (χ2v) is 9.11. The third-order valence-electron chi connectivity index (χ3n) is 5.69. The zero-order valence-corrected chi connectivity index (χ0v) is 20.1. The lowest BCUT2D eigenvalue weighted by Gasteiger charge is -2.26. The van der Waals surface area contributed by atoms with Crippen molar-refractivity contribution in [3.63, 3.8) is 0 Å². The Morgan fingerprint density at radius 3 is 2.65 bits per heavy atom. The number of aryl methyl sites for hydroxylation is 1. The van der Waals surface area contributed by atoms with Crippen molar-refractivity contribution in [2.45, 2.75) is 12.8 Å². The van der Waals surface area contributed by atoms with Gasteiger partial charge in [-0.25, -0.2) is 4.79 Å². The summed E-state index contributed by atoms with van der Waals surface area (Å²) in [5.74, 6) is -0.295. The van der Waals surface area contributed by atoms with Gasteiger partial charge in [0.2, 0.25) is 11.6 Å². The first kappa shape index (κ1) is 22.1. The highest BCUT2D eigenvalue weighted by Gasteiger charge is 2.31. The monoisotopic (exact) mass is 534 g/mol. The number of esters is 1. The van der Waals surface area contributed by atoms with Crippen molar-refractivity contribution >= 4 is 44.5 Å². The third-order valence-corrected chi connectivity index (χ3v) is 6.43. The maximum atomic E-state index is 12.9. The molecule has 1 aliphatic heterocycles. The van der Waals surface area contributed by atoms with E-state index in [1.54, 1.807) is 43.3 Å². The molecule has 0 amide bonds. The van der Waals surface area contributed by atoms with E-state index in [0.29, 0.717) is 27.5 Å². The second kappa shape index (κ2) is 8.56. The molecule has 0 fully saturated rings. The Bertz CT molecular complexity index is 1530. The van der Waals surface area contributed by atoms with Crippen LogP contribution in [0.15, 0.2) is 81.0 Å². The molecule has 1 atom stereocenters. The number of nitriles is 1. The molecular formula is C26H16BrClN2O4. The van der Waals surface area contributed by atoms with Crippen LogP contribution in [-0.2, 0) is 0 Å². The van der Waals surface area contributed by atoms with Crippen LogP contribution >= 0.6 is 27.5 Å². The van der Waals surface area contributed by atoms with Gasteiger partial charge >= 0.3 is 5.97 Å². The average molecular weight is 536 g/mol. The van der Waals surface area contributed by atoms with Crippen LogP contribution in [0.5, 0.6) is 11.5 Å². The molecule has 2 N–H and O–H groups in total. The fourth-order valence-corrected chi connectivity index (χ4v) is 4.53. The second-order valence-electron chi connectivity index (χ2n) is 7.76. The van der Waals surface area contributed by atoms with Crippen molar-refractivity contribution in [1.82, 2.24) is 0 Å². The van der Waals surface area contributed by atoms with E-state index in [9.17, 15) is 10.1 Å². The highest BCUT2D eigenvalue weighted by Crippen LogP contribution is 2.43. The molecule has 0 spiro atoms. The summed E-state index contributed by atoms with van der Waals surface area (Å²) >= 11 is 9.46. The number of hydrogen-bond donors (Lipinski definition) is 1. The Morgan fingerprint density at radius 1 is 1.15 bits per heavy atom. The number of nitrogens with two attached hydrogens (primary N) is 1. The highest BCUT2D eigenvalue weighted by molar-refractivity contribution is 9.10. The largest absolute Gasteiger partial charge is 0.449 e. The Kier molecular flexibility index (Phi) is 5.56. The summed E-state index contributed by atoms with van der Waals surface area (Å²) in [6.07, 6.45) is 0. The maximum Gasteiger partial charge on any atom is 0.379 e. The summed E-state index contributed by atoms with van der Waals surface area (Å²) in [6.45, 7) is 1.80. The van der Waals surface area contributed by atoms with Crippen molar-refractivity contribution in [2.75, 3.05) is 0 Å². The first-order chi connectivity index (χ1) is 16.4. The van der Waals surface area contributed by atoms with Crippen LogP contribution in [0.4, 0.5) is 0 Å². The fraction of sp³-hybridized carbons (Fsp3) is 0.0769. The Balaban J connectivity index is 1.49. The predicted octanol–water partition coefficient (Wildman–Crippen LogP) is 6.59. The van der Waals surface area contributed by atoms with Crippen LogP contribution in [-0.4, -0.2) is 5.97 Å². The first-order valence-corrected chi connectivity index (χ1v) is 11.4. The van der Waals surface area contributed by atoms with Crippen LogP contribution in [0.1, 0.15) is 33.2 Å². The van der Waals surface area contributed by atoms with E-state index < -0.39 is 11.9 Å². The molecule has 5 rings (SSSR count). The number of nitrogens with zero attached hydrogens (tertiary/aromatic N) is 1. The molecular weight excluding hydrogens is 520 g/mol. The number of carbonyl (C=O) groups excluding carboxylic acids is 1. The van der Waals surface area contributed by atoms with Crippen LogP contribution in [0.2, 0.25) is 5.02 Å². The summed E-state index contributed by atoms with van der Waals surface area (Å²) in [6, 6.07) is 19.8. The molecule has 168 valence electrons. The van der Waals surface area contributed by atoms with Gasteiger partial charge in [-0.3, -0.25) is 0 Å².